The maximum absolute atomic E-state index is 5.88. The smallest absolute Gasteiger partial charge is 0.120 e. The molecule has 20 heavy (non-hydrogen) atoms. The maximum atomic E-state index is 5.88. The third-order valence-electron chi connectivity index (χ3n) is 3.23. The summed E-state index contributed by atoms with van der Waals surface area (Å²) in [7, 11) is 4.04. The topological polar surface area (TPSA) is 28.4 Å². The van der Waals surface area contributed by atoms with Gasteiger partial charge < -0.3 is 9.73 Å². The van der Waals surface area contributed by atoms with Crippen LogP contribution in [0.5, 0.6) is 0 Å². The second-order valence-electron chi connectivity index (χ2n) is 5.11. The van der Waals surface area contributed by atoms with Gasteiger partial charge in [0.1, 0.15) is 11.5 Å². The van der Waals surface area contributed by atoms with E-state index < -0.39 is 0 Å². The van der Waals surface area contributed by atoms with E-state index in [9.17, 15) is 0 Å². The summed E-state index contributed by atoms with van der Waals surface area (Å²) in [6.45, 7) is 4.57. The molecule has 0 atom stereocenters. The number of halogens is 1. The Kier molecular flexibility index (Phi) is 5.40. The summed E-state index contributed by atoms with van der Waals surface area (Å²) in [6, 6.07) is 10.4. The standard InChI is InChI=1S/C16H21BrN2O/c1-12-8-14(20-16(12)9-18-2)11-19(3)10-13-6-4-5-7-15(13)17/h4-8,18H,9-11H2,1-3H3. The Balaban J connectivity index is 1.99. The van der Waals surface area contributed by atoms with Crippen LogP contribution in [0.25, 0.3) is 0 Å². The summed E-state index contributed by atoms with van der Waals surface area (Å²) in [5.74, 6) is 2.04. The van der Waals surface area contributed by atoms with Gasteiger partial charge in [-0.15, -0.1) is 0 Å². The predicted octanol–water partition coefficient (Wildman–Crippen LogP) is 3.70. The zero-order valence-corrected chi connectivity index (χ0v) is 13.8. The molecule has 0 fully saturated rings. The van der Waals surface area contributed by atoms with Crippen molar-refractivity contribution in [2.45, 2.75) is 26.6 Å². The van der Waals surface area contributed by atoms with E-state index in [0.717, 1.165) is 35.6 Å². The molecule has 0 aliphatic carbocycles. The number of aryl methyl sites for hydroxylation is 1. The number of hydrogen-bond donors (Lipinski definition) is 1. The molecule has 0 amide bonds. The van der Waals surface area contributed by atoms with Crippen LogP contribution in [0.4, 0.5) is 0 Å². The minimum Gasteiger partial charge on any atom is -0.463 e. The highest BCUT2D eigenvalue weighted by Crippen LogP contribution is 2.20. The largest absolute Gasteiger partial charge is 0.463 e. The van der Waals surface area contributed by atoms with Gasteiger partial charge in [0.05, 0.1) is 13.1 Å². The lowest BCUT2D eigenvalue weighted by Crippen LogP contribution is -2.17. The van der Waals surface area contributed by atoms with Gasteiger partial charge >= 0.3 is 0 Å². The molecular formula is C16H21BrN2O. The Bertz CT molecular complexity index is 565. The SMILES string of the molecule is CNCc1oc(CN(C)Cc2ccccc2Br)cc1C. The van der Waals surface area contributed by atoms with Gasteiger partial charge in [-0.2, -0.15) is 0 Å². The first-order valence-electron chi connectivity index (χ1n) is 6.75. The third kappa shape index (κ3) is 3.95. The van der Waals surface area contributed by atoms with Crippen molar-refractivity contribution in [3.8, 4) is 0 Å². The Morgan fingerprint density at radius 3 is 2.70 bits per heavy atom. The van der Waals surface area contributed by atoms with Crippen molar-refractivity contribution >= 4 is 15.9 Å². The van der Waals surface area contributed by atoms with Crippen molar-refractivity contribution in [3.63, 3.8) is 0 Å². The molecule has 0 radical (unpaired) electrons. The van der Waals surface area contributed by atoms with Crippen molar-refractivity contribution in [1.29, 1.82) is 0 Å². The first-order chi connectivity index (χ1) is 9.60. The predicted molar refractivity (Wildman–Crippen MR) is 85.5 cm³/mol. The van der Waals surface area contributed by atoms with Crippen LogP contribution >= 0.6 is 15.9 Å². The van der Waals surface area contributed by atoms with Crippen LogP contribution in [0, 0.1) is 6.92 Å². The van der Waals surface area contributed by atoms with E-state index in [4.69, 9.17) is 4.42 Å². The molecule has 2 rings (SSSR count). The Hall–Kier alpha value is -1.10. The molecule has 1 N–H and O–H groups in total. The molecule has 4 heteroatoms. The van der Waals surface area contributed by atoms with E-state index in [1.54, 1.807) is 0 Å². The van der Waals surface area contributed by atoms with E-state index in [-0.39, 0.29) is 0 Å². The van der Waals surface area contributed by atoms with Crippen LogP contribution in [0.15, 0.2) is 39.2 Å². The minimum atomic E-state index is 0.778. The summed E-state index contributed by atoms with van der Waals surface area (Å²) >= 11 is 3.59. The molecule has 108 valence electrons. The summed E-state index contributed by atoms with van der Waals surface area (Å²) in [5.41, 5.74) is 2.50. The number of rotatable bonds is 6. The van der Waals surface area contributed by atoms with Gasteiger partial charge in [-0.1, -0.05) is 34.1 Å². The molecule has 0 saturated heterocycles. The maximum Gasteiger partial charge on any atom is 0.120 e. The second-order valence-corrected chi connectivity index (χ2v) is 5.97. The van der Waals surface area contributed by atoms with Crippen LogP contribution in [-0.2, 0) is 19.6 Å². The Labute approximate surface area is 129 Å². The zero-order chi connectivity index (χ0) is 14.5. The molecule has 3 nitrogen and oxygen atoms in total. The van der Waals surface area contributed by atoms with Gasteiger partial charge in [-0.3, -0.25) is 4.90 Å². The van der Waals surface area contributed by atoms with E-state index in [0.29, 0.717) is 0 Å². The number of benzene rings is 1. The fraction of sp³-hybridized carbons (Fsp3) is 0.375. The van der Waals surface area contributed by atoms with Crippen molar-refractivity contribution in [1.82, 2.24) is 10.2 Å². The molecule has 0 unspecified atom stereocenters. The lowest BCUT2D eigenvalue weighted by Gasteiger charge is -2.16. The van der Waals surface area contributed by atoms with Crippen molar-refractivity contribution < 1.29 is 4.42 Å². The van der Waals surface area contributed by atoms with E-state index in [1.807, 2.05) is 13.1 Å². The lowest BCUT2D eigenvalue weighted by atomic mass is 10.2. The monoisotopic (exact) mass is 336 g/mol. The van der Waals surface area contributed by atoms with Crippen LogP contribution in [0.3, 0.4) is 0 Å². The molecule has 1 aromatic heterocycles. The third-order valence-corrected chi connectivity index (χ3v) is 4.01. The highest BCUT2D eigenvalue weighted by Gasteiger charge is 2.10. The fourth-order valence-corrected chi connectivity index (χ4v) is 2.65. The van der Waals surface area contributed by atoms with Crippen LogP contribution in [0.1, 0.15) is 22.6 Å². The van der Waals surface area contributed by atoms with Crippen LogP contribution in [-0.4, -0.2) is 19.0 Å². The summed E-state index contributed by atoms with van der Waals surface area (Å²) in [5, 5.41) is 3.13. The van der Waals surface area contributed by atoms with Gasteiger partial charge in [0.15, 0.2) is 0 Å². The minimum absolute atomic E-state index is 0.778. The van der Waals surface area contributed by atoms with E-state index in [2.05, 4.69) is 64.4 Å². The molecule has 0 bridgehead atoms. The highest BCUT2D eigenvalue weighted by atomic mass is 79.9. The number of nitrogens with one attached hydrogen (secondary N) is 1. The van der Waals surface area contributed by atoms with Crippen molar-refractivity contribution in [2.75, 3.05) is 14.1 Å². The van der Waals surface area contributed by atoms with Crippen LogP contribution in [0.2, 0.25) is 0 Å². The second kappa shape index (κ2) is 7.07. The quantitative estimate of drug-likeness (QED) is 0.871. The van der Waals surface area contributed by atoms with Gasteiger partial charge in [0.2, 0.25) is 0 Å². The summed E-state index contributed by atoms with van der Waals surface area (Å²) in [4.78, 5) is 2.25. The molecule has 0 aliphatic rings. The molecule has 0 saturated carbocycles. The molecule has 1 heterocycles. The van der Waals surface area contributed by atoms with Gasteiger partial charge in [0.25, 0.3) is 0 Å². The number of nitrogens with zero attached hydrogens (tertiary/aromatic N) is 1. The van der Waals surface area contributed by atoms with Gasteiger partial charge in [0, 0.05) is 11.0 Å². The number of furan rings is 1. The number of hydrogen-bond acceptors (Lipinski definition) is 3. The highest BCUT2D eigenvalue weighted by molar-refractivity contribution is 9.10. The summed E-state index contributed by atoms with van der Waals surface area (Å²) in [6.07, 6.45) is 0. The first-order valence-corrected chi connectivity index (χ1v) is 7.54. The average Bonchev–Trinajstić information content (AvgIpc) is 2.73. The summed E-state index contributed by atoms with van der Waals surface area (Å²) < 4.78 is 7.03. The molecule has 0 aliphatic heterocycles. The first kappa shape index (κ1) is 15.3. The van der Waals surface area contributed by atoms with Crippen molar-refractivity contribution in [3.05, 3.63) is 57.5 Å². The van der Waals surface area contributed by atoms with Gasteiger partial charge in [-0.25, -0.2) is 0 Å². The fourth-order valence-electron chi connectivity index (χ4n) is 2.24. The average molecular weight is 337 g/mol. The zero-order valence-electron chi connectivity index (χ0n) is 12.2. The van der Waals surface area contributed by atoms with Crippen LogP contribution < -0.4 is 5.32 Å². The van der Waals surface area contributed by atoms with E-state index >= 15 is 0 Å². The normalized spacial score (nSPS) is 11.2. The van der Waals surface area contributed by atoms with Crippen molar-refractivity contribution in [2.24, 2.45) is 0 Å². The molecule has 0 spiro atoms. The van der Waals surface area contributed by atoms with Gasteiger partial charge in [-0.05, 0) is 44.3 Å². The lowest BCUT2D eigenvalue weighted by molar-refractivity contribution is 0.282. The molecule has 2 aromatic rings. The molecular weight excluding hydrogens is 316 g/mol. The Morgan fingerprint density at radius 1 is 1.25 bits per heavy atom. The Morgan fingerprint density at radius 2 is 2.00 bits per heavy atom. The van der Waals surface area contributed by atoms with E-state index in [1.165, 1.54) is 11.1 Å². The molecule has 1 aromatic carbocycles.